The van der Waals surface area contributed by atoms with Gasteiger partial charge in [-0.05, 0) is 78.4 Å². The number of carbonyl (C=O) groups excluding carboxylic acids is 2. The fourth-order valence-electron chi connectivity index (χ4n) is 5.28. The van der Waals surface area contributed by atoms with E-state index >= 15 is 0 Å². The average molecular weight is 665 g/mol. The predicted molar refractivity (Wildman–Crippen MR) is 176 cm³/mol. The van der Waals surface area contributed by atoms with E-state index in [0.29, 0.717) is 37.3 Å². The molecule has 13 nitrogen and oxygen atoms in total. The van der Waals surface area contributed by atoms with Gasteiger partial charge in [-0.15, -0.1) is 0 Å². The first-order valence-electron chi connectivity index (χ1n) is 16.0. The second-order valence-electron chi connectivity index (χ2n) is 12.6. The van der Waals surface area contributed by atoms with Gasteiger partial charge in [0, 0.05) is 58.0 Å². The topological polar surface area (TPSA) is 147 Å². The van der Waals surface area contributed by atoms with Gasteiger partial charge in [0.15, 0.2) is 5.03 Å². The number of fused-ring (bicyclic) bond motifs is 1. The molecule has 1 aliphatic rings. The lowest BCUT2D eigenvalue weighted by Gasteiger charge is -2.35. The molecule has 0 aliphatic carbocycles. The van der Waals surface area contributed by atoms with Crippen LogP contribution < -0.4 is 10.1 Å². The van der Waals surface area contributed by atoms with Crippen LogP contribution in [0.1, 0.15) is 63.2 Å². The van der Waals surface area contributed by atoms with Crippen molar-refractivity contribution in [2.75, 3.05) is 59.3 Å². The summed E-state index contributed by atoms with van der Waals surface area (Å²) in [5.41, 5.74) is 0.751. The maximum atomic E-state index is 14.3. The van der Waals surface area contributed by atoms with Crippen molar-refractivity contribution >= 4 is 27.5 Å². The van der Waals surface area contributed by atoms with Gasteiger partial charge in [0.2, 0.25) is 5.91 Å². The van der Waals surface area contributed by atoms with Gasteiger partial charge >= 0.3 is 0 Å². The fourth-order valence-corrected chi connectivity index (χ4v) is 6.42. The zero-order valence-corrected chi connectivity index (χ0v) is 29.1. The number of anilines is 1. The fraction of sp³-hybridized carbons (Fsp3) is 0.656. The Hall–Kier alpha value is -3.04. The molecule has 1 aromatic heterocycles. The summed E-state index contributed by atoms with van der Waals surface area (Å²) in [6.07, 6.45) is 5.45. The number of rotatable bonds is 11. The number of imidazole rings is 1. The van der Waals surface area contributed by atoms with E-state index in [1.54, 1.807) is 41.6 Å². The van der Waals surface area contributed by atoms with E-state index in [9.17, 15) is 23.1 Å². The molecule has 0 saturated carbocycles. The molecule has 0 spiro atoms. The van der Waals surface area contributed by atoms with Gasteiger partial charge in [-0.1, -0.05) is 6.92 Å². The van der Waals surface area contributed by atoms with Gasteiger partial charge in [0.05, 0.1) is 36.7 Å². The van der Waals surface area contributed by atoms with Crippen LogP contribution in [0.15, 0.2) is 35.7 Å². The average Bonchev–Trinajstić information content (AvgIpc) is 3.45. The Bertz CT molecular complexity index is 1400. The molecular weight excluding hydrogens is 612 g/mol. The molecule has 2 heterocycles. The number of aromatic nitrogens is 2. The van der Waals surface area contributed by atoms with E-state index in [1.807, 2.05) is 32.8 Å². The number of hydrogen-bond acceptors (Lipinski definition) is 9. The van der Waals surface area contributed by atoms with Crippen molar-refractivity contribution in [2.24, 2.45) is 13.0 Å². The highest BCUT2D eigenvalue weighted by atomic mass is 32.2. The van der Waals surface area contributed by atoms with Gasteiger partial charge in [-0.3, -0.25) is 9.59 Å². The third kappa shape index (κ3) is 10.5. The molecule has 14 heteroatoms. The summed E-state index contributed by atoms with van der Waals surface area (Å²) in [6.45, 7) is 6.74. The molecule has 0 unspecified atom stereocenters. The van der Waals surface area contributed by atoms with E-state index in [-0.39, 0.29) is 54.1 Å². The minimum absolute atomic E-state index is 0.0513. The van der Waals surface area contributed by atoms with Crippen LogP contribution in [-0.4, -0.2) is 121 Å². The molecule has 0 fully saturated rings. The molecule has 1 aromatic carbocycles. The molecule has 4 atom stereocenters. The van der Waals surface area contributed by atoms with Crippen molar-refractivity contribution in [3.63, 3.8) is 0 Å². The van der Waals surface area contributed by atoms with Gasteiger partial charge in [-0.2, -0.15) is 4.31 Å². The first-order chi connectivity index (χ1) is 21.7. The van der Waals surface area contributed by atoms with Crippen molar-refractivity contribution in [2.45, 2.75) is 76.2 Å². The zero-order valence-electron chi connectivity index (χ0n) is 28.3. The number of nitrogens with zero attached hydrogens (tertiary/aromatic N) is 5. The molecule has 0 radical (unpaired) electrons. The number of benzene rings is 1. The maximum absolute atomic E-state index is 14.3. The number of nitrogens with one attached hydrogen (secondary N) is 1. The highest BCUT2D eigenvalue weighted by Gasteiger charge is 2.33. The standard InChI is InChI=1S/C32H52N6O7S/c1-23-18-38(24(2)21-39)32(41)27-17-26(34-30(40)12-10-15-35(4)5)13-14-28(27)45-25(3)11-8-9-16-44-29(23)19-37(7)46(42,43)31-20-36(6)22-33-31/h13-14,17,20,22-25,29,39H,8-12,15-16,18-19,21H2,1-7H3,(H,34,40)/t23-,24+,25-,29-/m0/s1. The molecule has 2 N–H and O–H groups in total. The van der Waals surface area contributed by atoms with Crippen molar-refractivity contribution in [3.05, 3.63) is 36.3 Å². The second kappa shape index (κ2) is 17.2. The Kier molecular flexibility index (Phi) is 14.0. The Balaban J connectivity index is 1.92. The van der Waals surface area contributed by atoms with Crippen LogP contribution in [-0.2, 0) is 26.6 Å². The third-order valence-corrected chi connectivity index (χ3v) is 9.85. The Morgan fingerprint density at radius 3 is 2.61 bits per heavy atom. The van der Waals surface area contributed by atoms with Crippen molar-refractivity contribution in [1.82, 2.24) is 23.7 Å². The monoisotopic (exact) mass is 664 g/mol. The molecule has 3 rings (SSSR count). The number of sulfonamides is 1. The Morgan fingerprint density at radius 2 is 1.96 bits per heavy atom. The van der Waals surface area contributed by atoms with E-state index in [4.69, 9.17) is 9.47 Å². The number of amides is 2. The number of likely N-dealkylation sites (N-methyl/N-ethyl adjacent to an activating group) is 1. The smallest absolute Gasteiger partial charge is 0.261 e. The molecule has 0 bridgehead atoms. The van der Waals surface area contributed by atoms with Crippen LogP contribution in [0.3, 0.4) is 0 Å². The predicted octanol–water partition coefficient (Wildman–Crippen LogP) is 2.82. The lowest BCUT2D eigenvalue weighted by atomic mass is 10.0. The summed E-state index contributed by atoms with van der Waals surface area (Å²) in [5, 5.41) is 13.0. The van der Waals surface area contributed by atoms with E-state index < -0.39 is 22.2 Å². The summed E-state index contributed by atoms with van der Waals surface area (Å²) >= 11 is 0. The molecule has 0 saturated heterocycles. The minimum Gasteiger partial charge on any atom is -0.490 e. The number of aliphatic hydroxyl groups excluding tert-OH is 1. The summed E-state index contributed by atoms with van der Waals surface area (Å²) in [4.78, 5) is 34.6. The number of carbonyl (C=O) groups is 2. The quantitative estimate of drug-likeness (QED) is 0.370. The van der Waals surface area contributed by atoms with Crippen molar-refractivity contribution < 1.29 is 32.6 Å². The Morgan fingerprint density at radius 1 is 1.22 bits per heavy atom. The van der Waals surface area contributed by atoms with E-state index in [0.717, 1.165) is 19.4 Å². The van der Waals surface area contributed by atoms with Crippen molar-refractivity contribution in [3.8, 4) is 5.75 Å². The summed E-state index contributed by atoms with van der Waals surface area (Å²) in [7, 11) is 3.24. The Labute approximate surface area is 273 Å². The van der Waals surface area contributed by atoms with Gasteiger partial charge in [-0.25, -0.2) is 13.4 Å². The number of aryl methyl sites for hydroxylation is 1. The molecule has 2 amide bonds. The first-order valence-corrected chi connectivity index (χ1v) is 17.4. The van der Waals surface area contributed by atoms with Gasteiger partial charge in [0.25, 0.3) is 15.9 Å². The van der Waals surface area contributed by atoms with Gasteiger partial charge in [0.1, 0.15) is 5.75 Å². The maximum Gasteiger partial charge on any atom is 0.261 e. The van der Waals surface area contributed by atoms with Crippen LogP contribution in [0.4, 0.5) is 5.69 Å². The molecule has 1 aliphatic heterocycles. The molecule has 46 heavy (non-hydrogen) atoms. The molecule has 2 aromatic rings. The lowest BCUT2D eigenvalue weighted by molar-refractivity contribution is -0.116. The number of hydrogen-bond donors (Lipinski definition) is 2. The van der Waals surface area contributed by atoms with E-state index in [1.165, 1.54) is 23.9 Å². The normalized spacial score (nSPS) is 21.0. The van der Waals surface area contributed by atoms with Crippen molar-refractivity contribution in [1.29, 1.82) is 0 Å². The highest BCUT2D eigenvalue weighted by molar-refractivity contribution is 7.89. The van der Waals surface area contributed by atoms with Crippen LogP contribution in [0.25, 0.3) is 0 Å². The van der Waals surface area contributed by atoms with Gasteiger partial charge < -0.3 is 34.3 Å². The number of ether oxygens (including phenoxy) is 2. The largest absolute Gasteiger partial charge is 0.490 e. The van der Waals surface area contributed by atoms with Crippen LogP contribution in [0.2, 0.25) is 0 Å². The number of aliphatic hydroxyl groups is 1. The summed E-state index contributed by atoms with van der Waals surface area (Å²) in [5.74, 6) is -0.435. The van der Waals surface area contributed by atoms with E-state index in [2.05, 4.69) is 10.3 Å². The minimum atomic E-state index is -3.87. The third-order valence-electron chi connectivity index (χ3n) is 8.14. The molecular formula is C32H52N6O7S. The van der Waals surface area contributed by atoms with Crippen LogP contribution in [0, 0.1) is 5.92 Å². The van der Waals surface area contributed by atoms with Crippen LogP contribution >= 0.6 is 0 Å². The molecule has 258 valence electrons. The highest BCUT2D eigenvalue weighted by Crippen LogP contribution is 2.29. The SMILES string of the molecule is C[C@H](CO)N1C[C@H](C)[C@H](CN(C)S(=O)(=O)c2cn(C)cn2)OCCCC[C@H](C)Oc2ccc(NC(=O)CCCN(C)C)cc2C1=O. The van der Waals surface area contributed by atoms with Crippen LogP contribution in [0.5, 0.6) is 5.75 Å². The lowest BCUT2D eigenvalue weighted by Crippen LogP contribution is -2.48. The summed E-state index contributed by atoms with van der Waals surface area (Å²) in [6, 6.07) is 4.51. The first kappa shape index (κ1) is 37.4. The summed E-state index contributed by atoms with van der Waals surface area (Å²) < 4.78 is 41.9. The zero-order chi connectivity index (χ0) is 34.0. The second-order valence-corrected chi connectivity index (χ2v) is 14.6.